The molecule has 0 aliphatic rings. The fourth-order valence-corrected chi connectivity index (χ4v) is 1.51. The standard InChI is InChI=1S/C11H11N5O3/c1-15-10(6-7-12-15)14-11(17)13-8-4-2-3-5-9(8)16(18)19/h2-7H,1H3,(H2,13,14,17). The van der Waals surface area contributed by atoms with Crippen molar-refractivity contribution in [2.24, 2.45) is 7.05 Å². The second kappa shape index (κ2) is 5.17. The van der Waals surface area contributed by atoms with Crippen molar-refractivity contribution in [2.45, 2.75) is 0 Å². The van der Waals surface area contributed by atoms with Crippen LogP contribution in [0.3, 0.4) is 0 Å². The van der Waals surface area contributed by atoms with E-state index < -0.39 is 11.0 Å². The van der Waals surface area contributed by atoms with E-state index in [1.807, 2.05) is 0 Å². The lowest BCUT2D eigenvalue weighted by Gasteiger charge is -2.07. The summed E-state index contributed by atoms with van der Waals surface area (Å²) in [5.41, 5.74) is -0.0326. The zero-order valence-corrected chi connectivity index (χ0v) is 10.0. The summed E-state index contributed by atoms with van der Waals surface area (Å²) >= 11 is 0. The molecule has 2 amide bonds. The van der Waals surface area contributed by atoms with Crippen LogP contribution in [0.1, 0.15) is 0 Å². The van der Waals surface area contributed by atoms with Crippen molar-refractivity contribution in [3.05, 3.63) is 46.6 Å². The number of urea groups is 1. The summed E-state index contributed by atoms with van der Waals surface area (Å²) in [7, 11) is 1.67. The number of hydrogen-bond acceptors (Lipinski definition) is 4. The summed E-state index contributed by atoms with van der Waals surface area (Å²) < 4.78 is 1.47. The highest BCUT2D eigenvalue weighted by Crippen LogP contribution is 2.23. The Labute approximate surface area is 108 Å². The van der Waals surface area contributed by atoms with Gasteiger partial charge in [-0.25, -0.2) is 4.79 Å². The topological polar surface area (TPSA) is 102 Å². The monoisotopic (exact) mass is 261 g/mol. The Hall–Kier alpha value is -2.90. The largest absolute Gasteiger partial charge is 0.325 e. The van der Waals surface area contributed by atoms with E-state index in [4.69, 9.17) is 0 Å². The number of para-hydroxylation sites is 2. The lowest BCUT2D eigenvalue weighted by molar-refractivity contribution is -0.383. The third kappa shape index (κ3) is 2.86. The van der Waals surface area contributed by atoms with Crippen molar-refractivity contribution in [3.8, 4) is 0 Å². The van der Waals surface area contributed by atoms with Crippen molar-refractivity contribution in [3.63, 3.8) is 0 Å². The third-order valence-electron chi connectivity index (χ3n) is 2.41. The molecule has 0 atom stereocenters. The Morgan fingerprint density at radius 2 is 2.05 bits per heavy atom. The van der Waals surface area contributed by atoms with Gasteiger partial charge in [0, 0.05) is 19.2 Å². The first-order valence-corrected chi connectivity index (χ1v) is 5.37. The number of rotatable bonds is 3. The number of benzene rings is 1. The summed E-state index contributed by atoms with van der Waals surface area (Å²) in [4.78, 5) is 22.0. The van der Waals surface area contributed by atoms with Crippen LogP contribution in [-0.4, -0.2) is 20.7 Å². The SMILES string of the molecule is Cn1nccc1NC(=O)Nc1ccccc1[N+](=O)[O-]. The maximum atomic E-state index is 11.7. The first kappa shape index (κ1) is 12.6. The average molecular weight is 261 g/mol. The predicted molar refractivity (Wildman–Crippen MR) is 68.9 cm³/mol. The number of aromatic nitrogens is 2. The number of carbonyl (C=O) groups excluding carboxylic acids is 1. The van der Waals surface area contributed by atoms with Crippen LogP contribution in [0.25, 0.3) is 0 Å². The molecule has 0 fully saturated rings. The number of anilines is 2. The molecule has 19 heavy (non-hydrogen) atoms. The van der Waals surface area contributed by atoms with Crippen molar-refractivity contribution in [1.82, 2.24) is 9.78 Å². The Kier molecular flexibility index (Phi) is 3.42. The number of nitro benzene ring substituents is 1. The molecule has 0 spiro atoms. The summed E-state index contributed by atoms with van der Waals surface area (Å²) in [5.74, 6) is 0.482. The first-order valence-electron chi connectivity index (χ1n) is 5.37. The maximum Gasteiger partial charge on any atom is 0.325 e. The Bertz CT molecular complexity index is 622. The van der Waals surface area contributed by atoms with E-state index >= 15 is 0 Å². The summed E-state index contributed by atoms with van der Waals surface area (Å²) in [6, 6.07) is 6.95. The molecule has 8 nitrogen and oxygen atoms in total. The molecule has 0 aliphatic carbocycles. The van der Waals surface area contributed by atoms with E-state index in [0.29, 0.717) is 5.82 Å². The molecule has 2 aromatic rings. The van der Waals surface area contributed by atoms with Gasteiger partial charge in [0.05, 0.1) is 11.1 Å². The molecule has 1 aromatic carbocycles. The summed E-state index contributed by atoms with van der Waals surface area (Å²) in [5, 5.41) is 19.6. The maximum absolute atomic E-state index is 11.7. The zero-order chi connectivity index (χ0) is 13.8. The number of nitrogens with zero attached hydrogens (tertiary/aromatic N) is 3. The van der Waals surface area contributed by atoms with Crippen LogP contribution in [0.5, 0.6) is 0 Å². The van der Waals surface area contributed by atoms with Crippen LogP contribution in [0, 0.1) is 10.1 Å². The number of nitro groups is 1. The van der Waals surface area contributed by atoms with Gasteiger partial charge in [-0.15, -0.1) is 0 Å². The Balaban J connectivity index is 2.11. The van der Waals surface area contributed by atoms with Crippen molar-refractivity contribution in [2.75, 3.05) is 10.6 Å². The van der Waals surface area contributed by atoms with Crippen LogP contribution >= 0.6 is 0 Å². The van der Waals surface area contributed by atoms with Crippen molar-refractivity contribution < 1.29 is 9.72 Å². The molecule has 1 heterocycles. The number of amides is 2. The molecule has 2 N–H and O–H groups in total. The number of carbonyl (C=O) groups is 1. The number of aryl methyl sites for hydroxylation is 1. The van der Waals surface area contributed by atoms with E-state index in [1.165, 1.54) is 29.1 Å². The van der Waals surface area contributed by atoms with E-state index in [9.17, 15) is 14.9 Å². The van der Waals surface area contributed by atoms with Crippen LogP contribution in [0.4, 0.5) is 22.0 Å². The molecule has 0 saturated carbocycles. The molecular formula is C11H11N5O3. The van der Waals surface area contributed by atoms with Crippen LogP contribution < -0.4 is 10.6 Å². The molecule has 2 rings (SSSR count). The van der Waals surface area contributed by atoms with Gasteiger partial charge in [0.25, 0.3) is 5.69 Å². The average Bonchev–Trinajstić information content (AvgIpc) is 2.75. The van der Waals surface area contributed by atoms with Gasteiger partial charge in [0.15, 0.2) is 0 Å². The lowest BCUT2D eigenvalue weighted by Crippen LogP contribution is -2.21. The smallest absolute Gasteiger partial charge is 0.302 e. The summed E-state index contributed by atoms with van der Waals surface area (Å²) in [6.45, 7) is 0. The number of hydrogen-bond donors (Lipinski definition) is 2. The first-order chi connectivity index (χ1) is 9.08. The van der Waals surface area contributed by atoms with Crippen molar-refractivity contribution in [1.29, 1.82) is 0 Å². The zero-order valence-electron chi connectivity index (χ0n) is 10.0. The third-order valence-corrected chi connectivity index (χ3v) is 2.41. The van der Waals surface area contributed by atoms with Crippen molar-refractivity contribution >= 4 is 23.2 Å². The molecule has 98 valence electrons. The Morgan fingerprint density at radius 3 is 2.68 bits per heavy atom. The highest BCUT2D eigenvalue weighted by molar-refractivity contribution is 6.00. The molecule has 1 aromatic heterocycles. The molecule has 8 heteroatoms. The second-order valence-corrected chi connectivity index (χ2v) is 3.69. The predicted octanol–water partition coefficient (Wildman–Crippen LogP) is 1.97. The fraction of sp³-hybridized carbons (Fsp3) is 0.0909. The highest BCUT2D eigenvalue weighted by atomic mass is 16.6. The van der Waals surface area contributed by atoms with Crippen LogP contribution in [0.2, 0.25) is 0 Å². The lowest BCUT2D eigenvalue weighted by atomic mass is 10.3. The minimum absolute atomic E-state index is 0.132. The molecular weight excluding hydrogens is 250 g/mol. The molecule has 0 radical (unpaired) electrons. The van der Waals surface area contributed by atoms with Gasteiger partial charge in [0.2, 0.25) is 0 Å². The van der Waals surface area contributed by atoms with E-state index in [0.717, 1.165) is 0 Å². The number of nitrogens with one attached hydrogen (secondary N) is 2. The van der Waals surface area contributed by atoms with Gasteiger partial charge in [0.1, 0.15) is 11.5 Å². The molecule has 0 aliphatic heterocycles. The second-order valence-electron chi connectivity index (χ2n) is 3.69. The van der Waals surface area contributed by atoms with E-state index in [1.54, 1.807) is 19.2 Å². The van der Waals surface area contributed by atoms with E-state index in [2.05, 4.69) is 15.7 Å². The van der Waals surface area contributed by atoms with Gasteiger partial charge in [-0.05, 0) is 6.07 Å². The fourth-order valence-electron chi connectivity index (χ4n) is 1.51. The van der Waals surface area contributed by atoms with Gasteiger partial charge in [-0.3, -0.25) is 20.1 Å². The quantitative estimate of drug-likeness (QED) is 0.651. The van der Waals surface area contributed by atoms with Gasteiger partial charge in [-0.1, -0.05) is 12.1 Å². The van der Waals surface area contributed by atoms with Crippen LogP contribution in [-0.2, 0) is 7.05 Å². The summed E-state index contributed by atoms with van der Waals surface area (Å²) in [6.07, 6.45) is 1.53. The normalized spacial score (nSPS) is 9.95. The Morgan fingerprint density at radius 1 is 1.32 bits per heavy atom. The van der Waals surface area contributed by atoms with Gasteiger partial charge in [-0.2, -0.15) is 5.10 Å². The highest BCUT2D eigenvalue weighted by Gasteiger charge is 2.15. The van der Waals surface area contributed by atoms with Gasteiger partial charge < -0.3 is 5.32 Å². The molecule has 0 saturated heterocycles. The minimum atomic E-state index is -0.571. The molecule has 0 bridgehead atoms. The van der Waals surface area contributed by atoms with Crippen LogP contribution in [0.15, 0.2) is 36.5 Å². The minimum Gasteiger partial charge on any atom is -0.302 e. The van der Waals surface area contributed by atoms with E-state index in [-0.39, 0.29) is 11.4 Å². The van der Waals surface area contributed by atoms with Gasteiger partial charge >= 0.3 is 6.03 Å². The molecule has 0 unspecified atom stereocenters.